The Morgan fingerprint density at radius 2 is 1.25 bits per heavy atom. The maximum atomic E-state index is 13.1. The normalized spacial score (nSPS) is 25.8. The first-order valence-electron chi connectivity index (χ1n) is 17.2. The third-order valence-corrected chi connectivity index (χ3v) is 11.4. The summed E-state index contributed by atoms with van der Waals surface area (Å²) < 4.78 is 0. The molecular weight excluding hydrogens is 548 g/mol. The smallest absolute Gasteiger partial charge is 0.238 e. The second-order valence-electron chi connectivity index (χ2n) is 14.7. The van der Waals surface area contributed by atoms with E-state index in [1.165, 1.54) is 61.0 Å². The van der Waals surface area contributed by atoms with Crippen molar-refractivity contribution in [3.8, 4) is 11.1 Å². The van der Waals surface area contributed by atoms with Crippen molar-refractivity contribution in [1.29, 1.82) is 0 Å². The molecule has 0 bridgehead atoms. The Kier molecular flexibility index (Phi) is 7.52. The van der Waals surface area contributed by atoms with Gasteiger partial charge in [0.25, 0.3) is 0 Å². The fourth-order valence-electron chi connectivity index (χ4n) is 8.35. The number of carbonyl (C=O) groups excluding carboxylic acids is 2. The lowest BCUT2D eigenvalue weighted by molar-refractivity contribution is -0.132. The van der Waals surface area contributed by atoms with Gasteiger partial charge in [0.1, 0.15) is 0 Å². The van der Waals surface area contributed by atoms with E-state index in [1.807, 2.05) is 0 Å². The van der Waals surface area contributed by atoms with Crippen LogP contribution >= 0.6 is 0 Å². The third kappa shape index (κ3) is 5.94. The topological polar surface area (TPSA) is 71.2 Å². The van der Waals surface area contributed by atoms with Gasteiger partial charge in [0, 0.05) is 52.4 Å². The lowest BCUT2D eigenvalue weighted by Gasteiger charge is -2.45. The Morgan fingerprint density at radius 1 is 0.705 bits per heavy atom. The molecule has 2 amide bonds. The number of likely N-dealkylation sites (tertiary alicyclic amines) is 2. The van der Waals surface area contributed by atoms with Crippen LogP contribution in [0.2, 0.25) is 0 Å². The van der Waals surface area contributed by atoms with Crippen molar-refractivity contribution in [2.75, 3.05) is 52.4 Å². The predicted molar refractivity (Wildman–Crippen MR) is 171 cm³/mol. The molecule has 6 fully saturated rings. The molecule has 44 heavy (non-hydrogen) atoms. The van der Waals surface area contributed by atoms with E-state index in [-0.39, 0.29) is 23.1 Å². The van der Waals surface area contributed by atoms with Gasteiger partial charge in [-0.25, -0.2) is 0 Å². The molecular formula is C36H48N6O2. The molecule has 0 radical (unpaired) electrons. The number of hydrogen-bond donors (Lipinski definition) is 2. The molecule has 0 aromatic heterocycles. The molecule has 2 spiro atoms. The summed E-state index contributed by atoms with van der Waals surface area (Å²) in [5.74, 6) is 2.18. The molecule has 4 aliphatic heterocycles. The number of nitrogens with zero attached hydrogens (tertiary/aromatic N) is 4. The van der Waals surface area contributed by atoms with Gasteiger partial charge < -0.3 is 20.0 Å². The van der Waals surface area contributed by atoms with Crippen LogP contribution in [-0.4, -0.2) is 95.1 Å². The summed E-state index contributed by atoms with van der Waals surface area (Å²) in [5, 5.41) is 7.00. The number of carbonyl (C=O) groups is 2. The summed E-state index contributed by atoms with van der Waals surface area (Å²) >= 11 is 0. The first-order valence-corrected chi connectivity index (χ1v) is 17.2. The lowest BCUT2D eigenvalue weighted by atomic mass is 9.94. The number of benzene rings is 2. The molecule has 8 nitrogen and oxygen atoms in total. The summed E-state index contributed by atoms with van der Waals surface area (Å²) in [6, 6.07) is 17.5. The van der Waals surface area contributed by atoms with Crippen LogP contribution in [0.3, 0.4) is 0 Å². The highest BCUT2D eigenvalue weighted by atomic mass is 16.2. The van der Waals surface area contributed by atoms with Crippen LogP contribution in [0.25, 0.3) is 11.1 Å². The quantitative estimate of drug-likeness (QED) is 0.461. The second kappa shape index (κ2) is 11.5. The van der Waals surface area contributed by atoms with Crippen molar-refractivity contribution in [3.05, 3.63) is 59.7 Å². The van der Waals surface area contributed by atoms with E-state index in [9.17, 15) is 9.59 Å². The monoisotopic (exact) mass is 596 g/mol. The minimum absolute atomic E-state index is 0.154. The van der Waals surface area contributed by atoms with E-state index in [0.717, 1.165) is 70.2 Å². The van der Waals surface area contributed by atoms with Crippen LogP contribution in [0.5, 0.6) is 0 Å². The van der Waals surface area contributed by atoms with Crippen molar-refractivity contribution in [2.24, 2.45) is 11.8 Å². The van der Waals surface area contributed by atoms with E-state index in [4.69, 9.17) is 0 Å². The van der Waals surface area contributed by atoms with Gasteiger partial charge in [0.2, 0.25) is 11.8 Å². The molecule has 2 N–H and O–H groups in total. The average molecular weight is 597 g/mol. The van der Waals surface area contributed by atoms with Crippen molar-refractivity contribution < 1.29 is 9.59 Å². The zero-order valence-corrected chi connectivity index (χ0v) is 26.1. The van der Waals surface area contributed by atoms with Crippen LogP contribution in [0.1, 0.15) is 62.5 Å². The summed E-state index contributed by atoms with van der Waals surface area (Å²) in [5.41, 5.74) is 4.35. The van der Waals surface area contributed by atoms with E-state index in [1.54, 1.807) is 0 Å². The van der Waals surface area contributed by atoms with Crippen molar-refractivity contribution in [1.82, 2.24) is 30.2 Å². The van der Waals surface area contributed by atoms with Crippen molar-refractivity contribution in [3.63, 3.8) is 0 Å². The van der Waals surface area contributed by atoms with Gasteiger partial charge in [-0.3, -0.25) is 19.8 Å². The van der Waals surface area contributed by atoms with Gasteiger partial charge in [-0.05, 0) is 97.6 Å². The van der Waals surface area contributed by atoms with E-state index >= 15 is 0 Å². The lowest BCUT2D eigenvalue weighted by Crippen LogP contribution is -2.58. The Bertz CT molecular complexity index is 1390. The minimum Gasteiger partial charge on any atom is -0.337 e. The van der Waals surface area contributed by atoms with Gasteiger partial charge in [-0.1, -0.05) is 36.4 Å². The molecule has 8 rings (SSSR count). The predicted octanol–water partition coefficient (Wildman–Crippen LogP) is 3.62. The van der Waals surface area contributed by atoms with Crippen LogP contribution < -0.4 is 10.6 Å². The maximum Gasteiger partial charge on any atom is 0.238 e. The Morgan fingerprint density at radius 3 is 1.82 bits per heavy atom. The number of hydrogen-bond acceptors (Lipinski definition) is 6. The van der Waals surface area contributed by atoms with Gasteiger partial charge in [0.05, 0.1) is 24.4 Å². The molecule has 2 aromatic rings. The average Bonchev–Trinajstić information content (AvgIpc) is 3.97. The van der Waals surface area contributed by atoms with Crippen LogP contribution in [0.4, 0.5) is 0 Å². The molecule has 0 atom stereocenters. The molecule has 2 aromatic carbocycles. The molecule has 2 aliphatic carbocycles. The largest absolute Gasteiger partial charge is 0.337 e. The van der Waals surface area contributed by atoms with Gasteiger partial charge >= 0.3 is 0 Å². The van der Waals surface area contributed by atoms with E-state index in [2.05, 4.69) is 78.8 Å². The summed E-state index contributed by atoms with van der Waals surface area (Å²) in [7, 11) is 0. The third-order valence-electron chi connectivity index (χ3n) is 11.4. The fourth-order valence-corrected chi connectivity index (χ4v) is 8.35. The van der Waals surface area contributed by atoms with Gasteiger partial charge in [-0.15, -0.1) is 0 Å². The molecule has 2 saturated carbocycles. The standard InChI is InChI=1S/C36H48N6O2/c43-33-26-41(36(38-33)13-17-40(18-14-36)23-28-9-10-28)24-29-3-1-5-31(19-29)32-6-2-4-30(20-32)25-42-34(44)21-37-35(42)11-15-39(16-12-35)22-27-7-8-27/h1-6,19-20,27-28,37H,7-18,21-26H2,(H,38,43). The number of nitrogens with one attached hydrogen (secondary N) is 2. The molecule has 6 aliphatic rings. The van der Waals surface area contributed by atoms with Crippen molar-refractivity contribution >= 4 is 11.8 Å². The molecule has 8 heteroatoms. The van der Waals surface area contributed by atoms with E-state index in [0.29, 0.717) is 19.6 Å². The first-order chi connectivity index (χ1) is 21.5. The first kappa shape index (κ1) is 28.7. The summed E-state index contributed by atoms with van der Waals surface area (Å²) in [4.78, 5) is 35.5. The Labute approximate surface area is 262 Å². The molecule has 4 saturated heterocycles. The Hall–Kier alpha value is -2.78. The minimum atomic E-state index is -0.215. The number of piperidine rings is 2. The zero-order chi connectivity index (χ0) is 29.7. The zero-order valence-electron chi connectivity index (χ0n) is 26.1. The highest BCUT2D eigenvalue weighted by molar-refractivity contribution is 5.82. The second-order valence-corrected chi connectivity index (χ2v) is 14.7. The Balaban J connectivity index is 0.942. The highest BCUT2D eigenvalue weighted by Gasteiger charge is 2.48. The maximum absolute atomic E-state index is 13.1. The van der Waals surface area contributed by atoms with Crippen molar-refractivity contribution in [2.45, 2.75) is 75.8 Å². The van der Waals surface area contributed by atoms with Crippen LogP contribution in [0, 0.1) is 11.8 Å². The summed E-state index contributed by atoms with van der Waals surface area (Å²) in [6.45, 7) is 9.05. The highest BCUT2D eigenvalue weighted by Crippen LogP contribution is 2.37. The number of amides is 2. The molecule has 234 valence electrons. The summed E-state index contributed by atoms with van der Waals surface area (Å²) in [6.07, 6.45) is 9.54. The van der Waals surface area contributed by atoms with Gasteiger partial charge in [0.15, 0.2) is 0 Å². The van der Waals surface area contributed by atoms with Gasteiger partial charge in [-0.2, -0.15) is 0 Å². The van der Waals surface area contributed by atoms with Crippen LogP contribution in [-0.2, 0) is 22.7 Å². The molecule has 0 unspecified atom stereocenters. The van der Waals surface area contributed by atoms with E-state index < -0.39 is 0 Å². The fraction of sp³-hybridized carbons (Fsp3) is 0.611. The van der Waals surface area contributed by atoms with Crippen LogP contribution in [0.15, 0.2) is 48.5 Å². The molecule has 4 heterocycles. The SMILES string of the molecule is O=C1CN(Cc2cccc(-c3cccc(CN4C(=O)CNC45CCN(CC4CC4)CC5)c3)c2)C2(CCN(CC3CC3)CC2)N1. The number of rotatable bonds is 9.